The molecule has 134 valence electrons. The second kappa shape index (κ2) is 7.49. The summed E-state index contributed by atoms with van der Waals surface area (Å²) in [5.74, 6) is -0.513. The molecule has 2 fully saturated rings. The van der Waals surface area contributed by atoms with Crippen LogP contribution in [-0.4, -0.2) is 37.5 Å². The third kappa shape index (κ3) is 4.77. The van der Waals surface area contributed by atoms with E-state index in [9.17, 15) is 8.42 Å². The van der Waals surface area contributed by atoms with E-state index >= 15 is 0 Å². The summed E-state index contributed by atoms with van der Waals surface area (Å²) < 4.78 is 45.2. The van der Waals surface area contributed by atoms with Crippen molar-refractivity contribution in [3.63, 3.8) is 0 Å². The third-order valence-corrected chi connectivity index (χ3v) is 5.32. The van der Waals surface area contributed by atoms with Gasteiger partial charge < -0.3 is 9.47 Å². The van der Waals surface area contributed by atoms with Crippen molar-refractivity contribution in [2.24, 2.45) is 0 Å². The minimum absolute atomic E-state index is 0.103. The lowest BCUT2D eigenvalue weighted by Gasteiger charge is -2.32. The number of ether oxygens (including phenoxy) is 2. The average molecular weight is 355 g/mol. The van der Waals surface area contributed by atoms with Crippen LogP contribution in [0.25, 0.3) is 0 Å². The van der Waals surface area contributed by atoms with Crippen molar-refractivity contribution in [2.75, 3.05) is 6.54 Å². The minimum Gasteiger partial charge on any atom is -0.344 e. The second-order valence-corrected chi connectivity index (χ2v) is 7.87. The fourth-order valence-corrected chi connectivity index (χ4v) is 4.03. The summed E-state index contributed by atoms with van der Waals surface area (Å²) in [5.41, 5.74) is 1.17. The highest BCUT2D eigenvalue weighted by Crippen LogP contribution is 2.42. The zero-order chi connectivity index (χ0) is 17.0. The molecule has 1 saturated carbocycles. The summed E-state index contributed by atoms with van der Waals surface area (Å²) in [4.78, 5) is 0. The van der Waals surface area contributed by atoms with Gasteiger partial charge >= 0.3 is 10.3 Å². The lowest BCUT2D eigenvalue weighted by Crippen LogP contribution is -2.34. The Morgan fingerprint density at radius 2 is 1.75 bits per heavy atom. The van der Waals surface area contributed by atoms with Gasteiger partial charge in [0, 0.05) is 25.8 Å². The highest BCUT2D eigenvalue weighted by atomic mass is 32.2. The maximum absolute atomic E-state index is 10.8. The molecule has 2 N–H and O–H groups in total. The molecule has 1 aromatic carbocycles. The van der Waals surface area contributed by atoms with Crippen LogP contribution in [0.3, 0.4) is 0 Å². The first-order valence-electron chi connectivity index (χ1n) is 8.57. The molecule has 1 heterocycles. The molecular weight excluding hydrogens is 330 g/mol. The van der Waals surface area contributed by atoms with Crippen molar-refractivity contribution in [1.82, 2.24) is 4.72 Å². The van der Waals surface area contributed by atoms with Gasteiger partial charge in [0.1, 0.15) is 0 Å². The van der Waals surface area contributed by atoms with Gasteiger partial charge in [0.2, 0.25) is 0 Å². The number of nitrogens with one attached hydrogen (secondary N) is 1. The molecule has 6 nitrogen and oxygen atoms in total. The maximum atomic E-state index is 10.8. The van der Waals surface area contributed by atoms with E-state index in [4.69, 9.17) is 14.0 Å². The Balaban J connectivity index is 1.67. The fraction of sp³-hybridized carbons (Fsp3) is 0.647. The van der Waals surface area contributed by atoms with Gasteiger partial charge in [-0.25, -0.2) is 0 Å². The van der Waals surface area contributed by atoms with Crippen molar-refractivity contribution in [3.8, 4) is 0 Å². The molecule has 3 rings (SSSR count). The smallest absolute Gasteiger partial charge is 0.333 e. The van der Waals surface area contributed by atoms with Crippen LogP contribution in [0.5, 0.6) is 0 Å². The topological polar surface area (TPSA) is 84.9 Å². The fourth-order valence-electron chi connectivity index (χ4n) is 3.65. The molecule has 0 radical (unpaired) electrons. The SMILES string of the molecule is O=S(=O)(O)NCC[C@H]1OC2(CCCCC2)O[C@@H]1Cc1ccccc1. The zero-order valence-corrected chi connectivity index (χ0v) is 14.5. The quantitative estimate of drug-likeness (QED) is 0.766. The normalized spacial score (nSPS) is 26.7. The molecule has 1 aliphatic carbocycles. The minimum atomic E-state index is -4.17. The number of rotatable bonds is 6. The van der Waals surface area contributed by atoms with Gasteiger partial charge in [-0.2, -0.15) is 13.1 Å². The first-order chi connectivity index (χ1) is 11.5. The van der Waals surface area contributed by atoms with E-state index in [0.29, 0.717) is 6.42 Å². The first kappa shape index (κ1) is 17.8. The molecule has 2 atom stereocenters. The molecule has 1 spiro atoms. The Morgan fingerprint density at radius 3 is 2.42 bits per heavy atom. The average Bonchev–Trinajstić information content (AvgIpc) is 2.85. The summed E-state index contributed by atoms with van der Waals surface area (Å²) in [6.45, 7) is 0.133. The molecule has 0 unspecified atom stereocenters. The van der Waals surface area contributed by atoms with E-state index in [1.54, 1.807) is 0 Å². The van der Waals surface area contributed by atoms with Crippen LogP contribution in [0.4, 0.5) is 0 Å². The van der Waals surface area contributed by atoms with Crippen LogP contribution < -0.4 is 4.72 Å². The van der Waals surface area contributed by atoms with E-state index in [2.05, 4.69) is 16.9 Å². The summed E-state index contributed by atoms with van der Waals surface area (Å²) in [7, 11) is -4.17. The van der Waals surface area contributed by atoms with E-state index in [1.807, 2.05) is 18.2 Å². The van der Waals surface area contributed by atoms with Gasteiger partial charge in [0.15, 0.2) is 5.79 Å². The maximum Gasteiger partial charge on any atom is 0.333 e. The van der Waals surface area contributed by atoms with Crippen LogP contribution in [-0.2, 0) is 26.2 Å². The molecule has 2 aliphatic rings. The molecule has 24 heavy (non-hydrogen) atoms. The van der Waals surface area contributed by atoms with Crippen molar-refractivity contribution >= 4 is 10.3 Å². The summed E-state index contributed by atoms with van der Waals surface area (Å²) in [6, 6.07) is 10.1. The third-order valence-electron chi connectivity index (χ3n) is 4.76. The van der Waals surface area contributed by atoms with Crippen LogP contribution in [0, 0.1) is 0 Å². The molecule has 0 aromatic heterocycles. The molecule has 0 amide bonds. The monoisotopic (exact) mass is 355 g/mol. The first-order valence-corrected chi connectivity index (χ1v) is 10.0. The van der Waals surface area contributed by atoms with Gasteiger partial charge in [-0.1, -0.05) is 36.8 Å². The van der Waals surface area contributed by atoms with Crippen molar-refractivity contribution in [1.29, 1.82) is 0 Å². The summed E-state index contributed by atoms with van der Waals surface area (Å²) in [5, 5.41) is 0. The van der Waals surface area contributed by atoms with Gasteiger partial charge in [0.25, 0.3) is 0 Å². The Hall–Kier alpha value is -0.990. The highest BCUT2D eigenvalue weighted by Gasteiger charge is 2.47. The van der Waals surface area contributed by atoms with Crippen LogP contribution in [0.1, 0.15) is 44.1 Å². The number of hydrogen-bond acceptors (Lipinski definition) is 4. The van der Waals surface area contributed by atoms with Crippen molar-refractivity contribution in [3.05, 3.63) is 35.9 Å². The predicted octanol–water partition coefficient (Wildman–Crippen LogP) is 2.46. The largest absolute Gasteiger partial charge is 0.344 e. The van der Waals surface area contributed by atoms with Crippen LogP contribution >= 0.6 is 0 Å². The Bertz CT molecular complexity index is 628. The summed E-state index contributed by atoms with van der Waals surface area (Å²) >= 11 is 0. The molecule has 7 heteroatoms. The zero-order valence-electron chi connectivity index (χ0n) is 13.7. The Labute approximate surface area is 143 Å². The van der Waals surface area contributed by atoms with Gasteiger partial charge in [-0.05, 0) is 24.8 Å². The highest BCUT2D eigenvalue weighted by molar-refractivity contribution is 7.83. The second-order valence-electron chi connectivity index (χ2n) is 6.63. The van der Waals surface area contributed by atoms with E-state index in [0.717, 1.165) is 32.1 Å². The molecule has 1 aliphatic heterocycles. The van der Waals surface area contributed by atoms with Crippen molar-refractivity contribution in [2.45, 2.75) is 62.9 Å². The summed E-state index contributed by atoms with van der Waals surface area (Å²) in [6.07, 6.45) is 6.08. The van der Waals surface area contributed by atoms with Gasteiger partial charge in [-0.3, -0.25) is 4.55 Å². The van der Waals surface area contributed by atoms with Crippen molar-refractivity contribution < 1.29 is 22.4 Å². The van der Waals surface area contributed by atoms with Gasteiger partial charge in [0.05, 0.1) is 12.2 Å². The van der Waals surface area contributed by atoms with E-state index in [-0.39, 0.29) is 18.8 Å². The molecule has 1 saturated heterocycles. The van der Waals surface area contributed by atoms with Crippen LogP contribution in [0.2, 0.25) is 0 Å². The lowest BCUT2D eigenvalue weighted by molar-refractivity contribution is -0.194. The number of hydrogen-bond donors (Lipinski definition) is 2. The molecule has 0 bridgehead atoms. The standard InChI is InChI=1S/C17H25NO5S/c19-24(20,21)18-12-9-15-16(13-14-7-3-1-4-8-14)23-17(22-15)10-5-2-6-11-17/h1,3-4,7-8,15-16,18H,2,5-6,9-13H2,(H,19,20,21)/t15-,16-/m1/s1. The van der Waals surface area contributed by atoms with E-state index < -0.39 is 16.1 Å². The number of benzene rings is 1. The predicted molar refractivity (Wildman–Crippen MR) is 89.9 cm³/mol. The lowest BCUT2D eigenvalue weighted by atomic mass is 9.94. The molecule has 1 aromatic rings. The van der Waals surface area contributed by atoms with E-state index in [1.165, 1.54) is 12.0 Å². The van der Waals surface area contributed by atoms with Gasteiger partial charge in [-0.15, -0.1) is 0 Å². The Morgan fingerprint density at radius 1 is 1.08 bits per heavy atom. The van der Waals surface area contributed by atoms with Crippen LogP contribution in [0.15, 0.2) is 30.3 Å². The molecular formula is C17H25NO5S. The Kier molecular flexibility index (Phi) is 5.56.